The van der Waals surface area contributed by atoms with Crippen molar-refractivity contribution in [2.24, 2.45) is 0 Å². The lowest BCUT2D eigenvalue weighted by Gasteiger charge is -2.28. The smallest absolute Gasteiger partial charge is 0.255 e. The largest absolute Gasteiger partial charge is 0.382 e. The second-order valence-electron chi connectivity index (χ2n) is 9.22. The molecule has 0 atom stereocenters. The van der Waals surface area contributed by atoms with E-state index in [1.165, 1.54) is 12.5 Å². The van der Waals surface area contributed by atoms with Crippen molar-refractivity contribution in [3.63, 3.8) is 0 Å². The molecule has 3 heterocycles. The molecule has 0 aromatic carbocycles. The quantitative estimate of drug-likeness (QED) is 0.557. The van der Waals surface area contributed by atoms with Gasteiger partial charge in [-0.2, -0.15) is 5.26 Å². The lowest BCUT2D eigenvalue weighted by molar-refractivity contribution is 0.0928. The molecule has 2 N–H and O–H groups in total. The van der Waals surface area contributed by atoms with Crippen LogP contribution in [0.15, 0.2) is 36.8 Å². The topological polar surface area (TPSA) is 130 Å². The number of anilines is 1. The number of hydrogen-bond donors (Lipinski definition) is 2. The van der Waals surface area contributed by atoms with Crippen molar-refractivity contribution in [1.29, 1.82) is 5.26 Å². The molecule has 0 bridgehead atoms. The van der Waals surface area contributed by atoms with Crippen molar-refractivity contribution in [2.75, 3.05) is 11.6 Å². The first-order chi connectivity index (χ1) is 16.3. The average molecular weight is 479 g/mol. The molecule has 34 heavy (non-hydrogen) atoms. The third-order valence-electron chi connectivity index (χ3n) is 6.59. The number of nitrogens with one attached hydrogen (secondary N) is 2. The molecule has 1 amide bonds. The SMILES string of the molecule is CS(=O)(=O)[C@H]1CC[C@H](NC(=O)c2cnc(-n3ccc4cc(C#N)cnc43)cc2NC2CC2)CC1. The van der Waals surface area contributed by atoms with Gasteiger partial charge < -0.3 is 10.6 Å². The Labute approximate surface area is 198 Å². The summed E-state index contributed by atoms with van der Waals surface area (Å²) in [4.78, 5) is 22.1. The summed E-state index contributed by atoms with van der Waals surface area (Å²) < 4.78 is 25.5. The Balaban J connectivity index is 1.38. The van der Waals surface area contributed by atoms with Crippen LogP contribution in [0.25, 0.3) is 16.9 Å². The molecule has 2 aliphatic carbocycles. The van der Waals surface area contributed by atoms with Gasteiger partial charge in [0.25, 0.3) is 5.91 Å². The number of sulfone groups is 1. The second-order valence-corrected chi connectivity index (χ2v) is 11.5. The molecule has 2 saturated carbocycles. The van der Waals surface area contributed by atoms with E-state index in [-0.39, 0.29) is 17.2 Å². The van der Waals surface area contributed by atoms with E-state index in [9.17, 15) is 13.2 Å². The van der Waals surface area contributed by atoms with Crippen LogP contribution < -0.4 is 10.6 Å². The minimum Gasteiger partial charge on any atom is -0.382 e. The van der Waals surface area contributed by atoms with Gasteiger partial charge in [-0.1, -0.05) is 0 Å². The fourth-order valence-electron chi connectivity index (χ4n) is 4.49. The third-order valence-corrected chi connectivity index (χ3v) is 8.27. The summed E-state index contributed by atoms with van der Waals surface area (Å²) in [7, 11) is -3.05. The lowest BCUT2D eigenvalue weighted by Crippen LogP contribution is -2.40. The highest BCUT2D eigenvalue weighted by molar-refractivity contribution is 7.91. The van der Waals surface area contributed by atoms with Gasteiger partial charge in [0.15, 0.2) is 0 Å². The number of fused-ring (bicyclic) bond motifs is 1. The van der Waals surface area contributed by atoms with Crippen LogP contribution in [0.4, 0.5) is 5.69 Å². The van der Waals surface area contributed by atoms with E-state index in [2.05, 4.69) is 26.7 Å². The second kappa shape index (κ2) is 8.72. The predicted octanol–water partition coefficient (Wildman–Crippen LogP) is 2.95. The summed E-state index contributed by atoms with van der Waals surface area (Å²) in [5.74, 6) is 0.416. The highest BCUT2D eigenvalue weighted by atomic mass is 32.2. The number of carbonyl (C=O) groups is 1. The number of nitriles is 1. The van der Waals surface area contributed by atoms with Crippen molar-refractivity contribution >= 4 is 32.5 Å². The van der Waals surface area contributed by atoms with E-state index in [1.54, 1.807) is 12.3 Å². The zero-order valence-corrected chi connectivity index (χ0v) is 19.7. The minimum atomic E-state index is -3.05. The van der Waals surface area contributed by atoms with Gasteiger partial charge in [-0.25, -0.2) is 18.4 Å². The Morgan fingerprint density at radius 1 is 1.09 bits per heavy atom. The molecule has 0 saturated heterocycles. The van der Waals surface area contributed by atoms with Crippen molar-refractivity contribution in [3.05, 3.63) is 47.9 Å². The van der Waals surface area contributed by atoms with Crippen molar-refractivity contribution in [3.8, 4) is 11.9 Å². The highest BCUT2D eigenvalue weighted by Crippen LogP contribution is 2.30. The number of pyridine rings is 2. The minimum absolute atomic E-state index is 0.0501. The van der Waals surface area contributed by atoms with E-state index in [0.717, 1.165) is 18.2 Å². The van der Waals surface area contributed by atoms with E-state index in [4.69, 9.17) is 5.26 Å². The fraction of sp³-hybridized carbons (Fsp3) is 0.417. The maximum Gasteiger partial charge on any atom is 0.255 e. The predicted molar refractivity (Wildman–Crippen MR) is 129 cm³/mol. The number of amides is 1. The molecule has 0 unspecified atom stereocenters. The molecule has 9 nitrogen and oxygen atoms in total. The molecular formula is C24H26N6O3S. The molecule has 0 spiro atoms. The molecule has 2 fully saturated rings. The van der Waals surface area contributed by atoms with Crippen molar-refractivity contribution in [2.45, 2.75) is 55.9 Å². The zero-order chi connectivity index (χ0) is 23.9. The molecule has 0 radical (unpaired) electrons. The van der Waals surface area contributed by atoms with Gasteiger partial charge in [0.05, 0.1) is 22.1 Å². The summed E-state index contributed by atoms with van der Waals surface area (Å²) in [6.07, 6.45) is 10.8. The standard InChI is InChI=1S/C24H26N6O3S/c1-34(32,33)19-6-4-18(5-7-19)29-24(31)20-14-26-22(11-21(20)28-17-2-3-17)30-9-8-16-10-15(12-25)13-27-23(16)30/h8-11,13-14,17-19H,2-7H2,1H3,(H,26,28)(H,29,31)/t18-,19-. The van der Waals surface area contributed by atoms with Crippen molar-refractivity contribution < 1.29 is 13.2 Å². The first-order valence-electron chi connectivity index (χ1n) is 11.5. The summed E-state index contributed by atoms with van der Waals surface area (Å²) >= 11 is 0. The summed E-state index contributed by atoms with van der Waals surface area (Å²) in [5.41, 5.74) is 2.36. The van der Waals surface area contributed by atoms with Crippen LogP contribution >= 0.6 is 0 Å². The number of nitrogens with zero attached hydrogens (tertiary/aromatic N) is 4. The van der Waals surface area contributed by atoms with Crippen LogP contribution in [0, 0.1) is 11.3 Å². The van der Waals surface area contributed by atoms with Gasteiger partial charge >= 0.3 is 0 Å². The maximum absolute atomic E-state index is 13.1. The van der Waals surface area contributed by atoms with E-state index < -0.39 is 9.84 Å². The Morgan fingerprint density at radius 3 is 2.50 bits per heavy atom. The third kappa shape index (κ3) is 4.61. The first-order valence-corrected chi connectivity index (χ1v) is 13.4. The van der Waals surface area contributed by atoms with Crippen LogP contribution in [-0.2, 0) is 9.84 Å². The Morgan fingerprint density at radius 2 is 1.82 bits per heavy atom. The first kappa shape index (κ1) is 22.3. The number of carbonyl (C=O) groups excluding carboxylic acids is 1. The van der Waals surface area contributed by atoms with E-state index in [1.807, 2.05) is 22.9 Å². The van der Waals surface area contributed by atoms with Crippen molar-refractivity contribution in [1.82, 2.24) is 19.9 Å². The summed E-state index contributed by atoms with van der Waals surface area (Å²) in [5, 5.41) is 16.1. The van der Waals surface area contributed by atoms with Gasteiger partial charge in [0.2, 0.25) is 0 Å². The number of hydrogen-bond acceptors (Lipinski definition) is 7. The summed E-state index contributed by atoms with van der Waals surface area (Å²) in [6, 6.07) is 7.90. The molecule has 0 aliphatic heterocycles. The molecule has 176 valence electrons. The normalized spacial score (nSPS) is 20.6. The number of rotatable bonds is 6. The maximum atomic E-state index is 13.1. The Bertz CT molecular complexity index is 1400. The molecule has 2 aliphatic rings. The van der Waals surface area contributed by atoms with Crippen LogP contribution in [0.1, 0.15) is 54.4 Å². The Kier molecular flexibility index (Phi) is 5.73. The molecular weight excluding hydrogens is 452 g/mol. The molecule has 3 aromatic rings. The van der Waals surface area contributed by atoms with Crippen LogP contribution in [0.2, 0.25) is 0 Å². The summed E-state index contributed by atoms with van der Waals surface area (Å²) in [6.45, 7) is 0. The van der Waals surface area contributed by atoms with Gasteiger partial charge in [-0.15, -0.1) is 0 Å². The van der Waals surface area contributed by atoms with Gasteiger partial charge in [-0.05, 0) is 50.7 Å². The van der Waals surface area contributed by atoms with Crippen LogP contribution in [0.3, 0.4) is 0 Å². The molecule has 5 rings (SSSR count). The van der Waals surface area contributed by atoms with Gasteiger partial charge in [0.1, 0.15) is 27.4 Å². The van der Waals surface area contributed by atoms with Gasteiger partial charge in [0, 0.05) is 48.4 Å². The average Bonchev–Trinajstić information content (AvgIpc) is 3.53. The van der Waals surface area contributed by atoms with Gasteiger partial charge in [-0.3, -0.25) is 9.36 Å². The van der Waals surface area contributed by atoms with E-state index in [0.29, 0.717) is 60.0 Å². The molecule has 10 heteroatoms. The lowest BCUT2D eigenvalue weighted by atomic mass is 9.94. The van der Waals surface area contributed by atoms with Crippen LogP contribution in [0.5, 0.6) is 0 Å². The highest BCUT2D eigenvalue weighted by Gasteiger charge is 2.30. The fourth-order valence-corrected chi connectivity index (χ4v) is 5.62. The number of aromatic nitrogens is 3. The monoisotopic (exact) mass is 478 g/mol. The molecule has 3 aromatic heterocycles. The Hall–Kier alpha value is -3.45. The van der Waals surface area contributed by atoms with Crippen LogP contribution in [-0.4, -0.2) is 52.4 Å². The van der Waals surface area contributed by atoms with E-state index >= 15 is 0 Å². The zero-order valence-electron chi connectivity index (χ0n) is 18.9.